The van der Waals surface area contributed by atoms with Crippen LogP contribution in [0.4, 0.5) is 0 Å². The normalized spacial score (nSPS) is 11.4. The maximum atomic E-state index is 10.2. The number of aromatic hydroxyl groups is 1. The minimum atomic E-state index is 0.00726. The van der Waals surface area contributed by atoms with Crippen LogP contribution in [0.3, 0.4) is 0 Å². The van der Waals surface area contributed by atoms with Gasteiger partial charge in [-0.15, -0.1) is 10.2 Å². The molecule has 0 bridgehead atoms. The van der Waals surface area contributed by atoms with E-state index in [4.69, 9.17) is 4.74 Å². The number of ether oxygens (including phenoxy) is 1. The highest BCUT2D eigenvalue weighted by Crippen LogP contribution is 2.32. The summed E-state index contributed by atoms with van der Waals surface area (Å²) >= 11 is 3.39. The third kappa shape index (κ3) is 3.27. The average Bonchev–Trinajstić information content (AvgIpc) is 3.09. The standard InChI is InChI=1S/C16H17BrN6O2/c1-9-5-10(2)22(21-9)16-20-19-11(3)23(16)18-8-12-6-13(17)7-14(25-4)15(12)24/h5-8,24H,1-4H3/b18-8-. The van der Waals surface area contributed by atoms with Crippen molar-refractivity contribution < 1.29 is 9.84 Å². The maximum Gasteiger partial charge on any atom is 0.273 e. The molecule has 0 atom stereocenters. The molecule has 8 nitrogen and oxygen atoms in total. The van der Waals surface area contributed by atoms with Crippen LogP contribution in [0.15, 0.2) is 27.8 Å². The van der Waals surface area contributed by atoms with Gasteiger partial charge in [0, 0.05) is 15.7 Å². The SMILES string of the molecule is COc1cc(Br)cc(/C=N\n2c(C)nnc2-n2nc(C)cc2C)c1O. The fourth-order valence-electron chi connectivity index (χ4n) is 2.41. The predicted octanol–water partition coefficient (Wildman–Crippen LogP) is 2.75. The van der Waals surface area contributed by atoms with Crippen molar-refractivity contribution in [3.05, 3.63) is 45.4 Å². The van der Waals surface area contributed by atoms with Gasteiger partial charge < -0.3 is 9.84 Å². The highest BCUT2D eigenvalue weighted by atomic mass is 79.9. The van der Waals surface area contributed by atoms with E-state index in [1.165, 1.54) is 13.3 Å². The van der Waals surface area contributed by atoms with Crippen molar-refractivity contribution in [3.63, 3.8) is 0 Å². The van der Waals surface area contributed by atoms with E-state index in [0.717, 1.165) is 15.9 Å². The second-order valence-corrected chi connectivity index (χ2v) is 6.40. The molecule has 2 heterocycles. The second-order valence-electron chi connectivity index (χ2n) is 5.49. The first-order valence-electron chi connectivity index (χ1n) is 7.47. The minimum Gasteiger partial charge on any atom is -0.504 e. The molecule has 1 N–H and O–H groups in total. The molecule has 130 valence electrons. The summed E-state index contributed by atoms with van der Waals surface area (Å²) in [6, 6.07) is 5.37. The largest absolute Gasteiger partial charge is 0.504 e. The number of hydrogen-bond donors (Lipinski definition) is 1. The van der Waals surface area contributed by atoms with Gasteiger partial charge in [0.15, 0.2) is 17.3 Å². The molecule has 0 radical (unpaired) electrons. The lowest BCUT2D eigenvalue weighted by atomic mass is 10.2. The van der Waals surface area contributed by atoms with Crippen LogP contribution in [0.5, 0.6) is 11.5 Å². The summed E-state index contributed by atoms with van der Waals surface area (Å²) in [7, 11) is 1.49. The van der Waals surface area contributed by atoms with Crippen molar-refractivity contribution in [2.75, 3.05) is 7.11 Å². The van der Waals surface area contributed by atoms with Crippen molar-refractivity contribution >= 4 is 22.1 Å². The molecule has 0 unspecified atom stereocenters. The molecule has 0 aliphatic rings. The van der Waals surface area contributed by atoms with E-state index in [1.807, 2.05) is 19.9 Å². The zero-order valence-corrected chi connectivity index (χ0v) is 15.8. The quantitative estimate of drug-likeness (QED) is 0.675. The average molecular weight is 405 g/mol. The fourth-order valence-corrected chi connectivity index (χ4v) is 2.87. The Morgan fingerprint density at radius 2 is 1.96 bits per heavy atom. The Bertz CT molecular complexity index is 960. The van der Waals surface area contributed by atoms with Crippen LogP contribution in [0.25, 0.3) is 5.95 Å². The minimum absolute atomic E-state index is 0.00726. The molecule has 2 aromatic heterocycles. The molecular formula is C16H17BrN6O2. The third-order valence-electron chi connectivity index (χ3n) is 3.58. The number of halogens is 1. The Labute approximate surface area is 152 Å². The van der Waals surface area contributed by atoms with E-state index in [0.29, 0.717) is 23.1 Å². The second kappa shape index (κ2) is 6.67. The van der Waals surface area contributed by atoms with E-state index in [2.05, 4.69) is 36.3 Å². The summed E-state index contributed by atoms with van der Waals surface area (Å²) in [6.07, 6.45) is 1.52. The van der Waals surface area contributed by atoms with Gasteiger partial charge in [0.1, 0.15) is 0 Å². The van der Waals surface area contributed by atoms with Crippen LogP contribution < -0.4 is 4.74 Å². The summed E-state index contributed by atoms with van der Waals surface area (Å²) in [6.45, 7) is 5.64. The molecule has 0 saturated heterocycles. The molecule has 0 amide bonds. The van der Waals surface area contributed by atoms with Crippen LogP contribution in [0.1, 0.15) is 22.8 Å². The van der Waals surface area contributed by atoms with Gasteiger partial charge >= 0.3 is 0 Å². The Kier molecular flexibility index (Phi) is 4.58. The molecule has 0 spiro atoms. The van der Waals surface area contributed by atoms with Gasteiger partial charge in [0.25, 0.3) is 5.95 Å². The number of phenols is 1. The topological polar surface area (TPSA) is 90.4 Å². The van der Waals surface area contributed by atoms with Crippen molar-refractivity contribution in [3.8, 4) is 17.4 Å². The summed E-state index contributed by atoms with van der Waals surface area (Å²) < 4.78 is 9.15. The summed E-state index contributed by atoms with van der Waals surface area (Å²) in [5.41, 5.74) is 2.30. The first-order chi connectivity index (χ1) is 11.9. The van der Waals surface area contributed by atoms with Crippen LogP contribution in [-0.2, 0) is 0 Å². The Morgan fingerprint density at radius 3 is 2.60 bits per heavy atom. The molecule has 3 rings (SSSR count). The van der Waals surface area contributed by atoms with Gasteiger partial charge in [0.05, 0.1) is 19.0 Å². The summed E-state index contributed by atoms with van der Waals surface area (Å²) in [4.78, 5) is 0. The highest BCUT2D eigenvalue weighted by molar-refractivity contribution is 9.10. The molecule has 9 heteroatoms. The number of methoxy groups -OCH3 is 1. The Morgan fingerprint density at radius 1 is 1.20 bits per heavy atom. The number of aromatic nitrogens is 5. The number of hydrogen-bond acceptors (Lipinski definition) is 6. The zero-order chi connectivity index (χ0) is 18.1. The fraction of sp³-hybridized carbons (Fsp3) is 0.250. The first kappa shape index (κ1) is 17.2. The number of phenolic OH excluding ortho intramolecular Hbond substituents is 1. The first-order valence-corrected chi connectivity index (χ1v) is 8.26. The van der Waals surface area contributed by atoms with E-state index < -0.39 is 0 Å². The van der Waals surface area contributed by atoms with Crippen molar-refractivity contribution in [2.24, 2.45) is 5.10 Å². The smallest absolute Gasteiger partial charge is 0.273 e. The van der Waals surface area contributed by atoms with Gasteiger partial charge in [-0.2, -0.15) is 14.9 Å². The van der Waals surface area contributed by atoms with Crippen molar-refractivity contribution in [2.45, 2.75) is 20.8 Å². The monoisotopic (exact) mass is 404 g/mol. The summed E-state index contributed by atoms with van der Waals surface area (Å²) in [5.74, 6) is 1.43. The van der Waals surface area contributed by atoms with Crippen LogP contribution in [0, 0.1) is 20.8 Å². The van der Waals surface area contributed by atoms with Gasteiger partial charge in [-0.1, -0.05) is 15.9 Å². The Hall–Kier alpha value is -2.68. The zero-order valence-electron chi connectivity index (χ0n) is 14.2. The predicted molar refractivity (Wildman–Crippen MR) is 96.7 cm³/mol. The highest BCUT2D eigenvalue weighted by Gasteiger charge is 2.14. The van der Waals surface area contributed by atoms with Gasteiger partial charge in [-0.25, -0.2) is 4.68 Å². The van der Waals surface area contributed by atoms with E-state index in [-0.39, 0.29) is 5.75 Å². The molecule has 1 aromatic carbocycles. The number of aryl methyl sites for hydroxylation is 3. The molecule has 0 fully saturated rings. The van der Waals surface area contributed by atoms with Gasteiger partial charge in [-0.05, 0) is 39.0 Å². The molecule has 3 aromatic rings. The number of benzene rings is 1. The summed E-state index contributed by atoms with van der Waals surface area (Å²) in [5, 5.41) is 27.3. The van der Waals surface area contributed by atoms with Gasteiger partial charge in [-0.3, -0.25) is 0 Å². The van der Waals surface area contributed by atoms with Crippen LogP contribution in [-0.4, -0.2) is 43.1 Å². The van der Waals surface area contributed by atoms with Crippen LogP contribution in [0.2, 0.25) is 0 Å². The van der Waals surface area contributed by atoms with E-state index >= 15 is 0 Å². The van der Waals surface area contributed by atoms with E-state index in [1.54, 1.807) is 28.4 Å². The van der Waals surface area contributed by atoms with Crippen LogP contribution >= 0.6 is 15.9 Å². The van der Waals surface area contributed by atoms with Gasteiger partial charge in [0.2, 0.25) is 0 Å². The lowest BCUT2D eigenvalue weighted by Crippen LogP contribution is -2.08. The lowest BCUT2D eigenvalue weighted by Gasteiger charge is -2.07. The van der Waals surface area contributed by atoms with Crippen molar-refractivity contribution in [1.82, 2.24) is 24.7 Å². The van der Waals surface area contributed by atoms with E-state index in [9.17, 15) is 5.11 Å². The Balaban J connectivity index is 2.05. The molecule has 0 aliphatic carbocycles. The van der Waals surface area contributed by atoms with Crippen molar-refractivity contribution in [1.29, 1.82) is 0 Å². The molecular weight excluding hydrogens is 388 g/mol. The number of nitrogens with zero attached hydrogens (tertiary/aromatic N) is 6. The lowest BCUT2D eigenvalue weighted by molar-refractivity contribution is 0.373. The maximum absolute atomic E-state index is 10.2. The number of rotatable bonds is 4. The third-order valence-corrected chi connectivity index (χ3v) is 4.04. The molecule has 0 saturated carbocycles. The molecule has 0 aliphatic heterocycles. The molecule has 25 heavy (non-hydrogen) atoms.